The first kappa shape index (κ1) is 12.6. The summed E-state index contributed by atoms with van der Waals surface area (Å²) in [4.78, 5) is 11.6. The van der Waals surface area contributed by atoms with Gasteiger partial charge in [0.1, 0.15) is 5.82 Å². The first-order valence-corrected chi connectivity index (χ1v) is 7.15. The molecule has 17 heavy (non-hydrogen) atoms. The quantitative estimate of drug-likeness (QED) is 0.586. The predicted octanol–water partition coefficient (Wildman–Crippen LogP) is 4.31. The van der Waals surface area contributed by atoms with Gasteiger partial charge in [-0.2, -0.15) is 0 Å². The van der Waals surface area contributed by atoms with Gasteiger partial charge in [-0.05, 0) is 37.0 Å². The molecule has 1 fully saturated rings. The molecule has 0 aromatic heterocycles. The Balaban J connectivity index is 1.91. The van der Waals surface area contributed by atoms with Gasteiger partial charge < -0.3 is 0 Å². The first-order valence-electron chi connectivity index (χ1n) is 6.17. The molecule has 1 aliphatic rings. The summed E-state index contributed by atoms with van der Waals surface area (Å²) >= 11 is 1.74. The van der Waals surface area contributed by atoms with E-state index in [2.05, 4.69) is 0 Å². The van der Waals surface area contributed by atoms with Crippen LogP contribution in [-0.2, 0) is 0 Å². The van der Waals surface area contributed by atoms with Crippen LogP contribution >= 0.6 is 11.8 Å². The third-order valence-corrected chi connectivity index (χ3v) is 4.53. The summed E-state index contributed by atoms with van der Waals surface area (Å²) in [5.74, 6) is 1.45. The Bertz CT molecular complexity index is 386. The van der Waals surface area contributed by atoms with Crippen molar-refractivity contribution >= 4 is 18.0 Å². The minimum absolute atomic E-state index is 0.165. The zero-order valence-corrected chi connectivity index (χ0v) is 10.6. The Kier molecular flexibility index (Phi) is 4.60. The van der Waals surface area contributed by atoms with Gasteiger partial charge in [-0.1, -0.05) is 19.3 Å². The molecular weight excluding hydrogens is 235 g/mol. The van der Waals surface area contributed by atoms with Crippen LogP contribution in [0, 0.1) is 11.7 Å². The normalized spacial score (nSPS) is 17.0. The van der Waals surface area contributed by atoms with Gasteiger partial charge in [0.2, 0.25) is 0 Å². The second kappa shape index (κ2) is 6.20. The van der Waals surface area contributed by atoms with Crippen molar-refractivity contribution in [2.45, 2.75) is 37.0 Å². The molecule has 0 atom stereocenters. The number of carbonyl (C=O) groups excluding carboxylic acids is 1. The van der Waals surface area contributed by atoms with Crippen LogP contribution in [0.25, 0.3) is 0 Å². The lowest BCUT2D eigenvalue weighted by atomic mass is 9.91. The number of aldehydes is 1. The van der Waals surface area contributed by atoms with E-state index in [0.29, 0.717) is 6.29 Å². The van der Waals surface area contributed by atoms with Crippen LogP contribution < -0.4 is 0 Å². The lowest BCUT2D eigenvalue weighted by Crippen LogP contribution is -2.08. The first-order chi connectivity index (χ1) is 8.29. The average molecular weight is 252 g/mol. The largest absolute Gasteiger partial charge is 0.298 e. The Hall–Kier alpha value is -0.830. The van der Waals surface area contributed by atoms with E-state index in [1.807, 2.05) is 0 Å². The molecule has 0 aliphatic heterocycles. The van der Waals surface area contributed by atoms with Crippen LogP contribution in [0.3, 0.4) is 0 Å². The number of carbonyl (C=O) groups is 1. The lowest BCUT2D eigenvalue weighted by molar-refractivity contribution is 0.111. The molecule has 1 aliphatic carbocycles. The third kappa shape index (κ3) is 3.56. The number of hydrogen-bond donors (Lipinski definition) is 0. The van der Waals surface area contributed by atoms with E-state index in [1.54, 1.807) is 23.9 Å². The van der Waals surface area contributed by atoms with Crippen LogP contribution in [0.2, 0.25) is 0 Å². The van der Waals surface area contributed by atoms with Crippen molar-refractivity contribution in [2.75, 3.05) is 5.75 Å². The highest BCUT2D eigenvalue weighted by Gasteiger charge is 2.13. The van der Waals surface area contributed by atoms with E-state index in [4.69, 9.17) is 0 Å². The number of halogens is 1. The number of thioether (sulfide) groups is 1. The topological polar surface area (TPSA) is 17.1 Å². The Morgan fingerprint density at radius 3 is 2.76 bits per heavy atom. The molecule has 3 heteroatoms. The van der Waals surface area contributed by atoms with Gasteiger partial charge in [0.25, 0.3) is 0 Å². The Labute approximate surface area is 106 Å². The van der Waals surface area contributed by atoms with Crippen LogP contribution in [0.5, 0.6) is 0 Å². The van der Waals surface area contributed by atoms with Gasteiger partial charge >= 0.3 is 0 Å². The smallest absolute Gasteiger partial charge is 0.153 e. The highest BCUT2D eigenvalue weighted by molar-refractivity contribution is 7.99. The minimum Gasteiger partial charge on any atom is -0.298 e. The zero-order chi connectivity index (χ0) is 12.1. The molecule has 2 rings (SSSR count). The fourth-order valence-corrected chi connectivity index (χ4v) is 3.41. The molecule has 0 spiro atoms. The monoisotopic (exact) mass is 252 g/mol. The third-order valence-electron chi connectivity index (χ3n) is 3.30. The van der Waals surface area contributed by atoms with Crippen molar-refractivity contribution in [1.82, 2.24) is 0 Å². The van der Waals surface area contributed by atoms with Crippen LogP contribution in [0.1, 0.15) is 42.5 Å². The summed E-state index contributed by atoms with van der Waals surface area (Å²) in [6.45, 7) is 0. The fourth-order valence-electron chi connectivity index (χ4n) is 2.27. The summed E-state index contributed by atoms with van der Waals surface area (Å²) < 4.78 is 13.1. The van der Waals surface area contributed by atoms with Crippen molar-refractivity contribution in [3.05, 3.63) is 29.6 Å². The summed E-state index contributed by atoms with van der Waals surface area (Å²) in [7, 11) is 0. The number of hydrogen-bond acceptors (Lipinski definition) is 2. The molecule has 1 aromatic carbocycles. The molecule has 0 unspecified atom stereocenters. The summed E-state index contributed by atoms with van der Waals surface area (Å²) in [5.41, 5.74) is 0.165. The summed E-state index contributed by atoms with van der Waals surface area (Å²) in [6, 6.07) is 4.79. The lowest BCUT2D eigenvalue weighted by Gasteiger charge is -2.20. The van der Waals surface area contributed by atoms with Gasteiger partial charge in [-0.15, -0.1) is 11.8 Å². The van der Waals surface area contributed by atoms with E-state index in [9.17, 15) is 9.18 Å². The molecule has 0 radical (unpaired) electrons. The second-order valence-corrected chi connectivity index (χ2v) is 5.71. The van der Waals surface area contributed by atoms with Crippen LogP contribution in [-0.4, -0.2) is 12.0 Å². The van der Waals surface area contributed by atoms with Crippen molar-refractivity contribution in [3.8, 4) is 0 Å². The highest BCUT2D eigenvalue weighted by atomic mass is 32.2. The van der Waals surface area contributed by atoms with E-state index < -0.39 is 5.82 Å². The zero-order valence-electron chi connectivity index (χ0n) is 9.82. The fraction of sp³-hybridized carbons (Fsp3) is 0.500. The minimum atomic E-state index is -0.429. The van der Waals surface area contributed by atoms with Gasteiger partial charge in [-0.3, -0.25) is 4.79 Å². The molecule has 0 amide bonds. The maximum Gasteiger partial charge on any atom is 0.153 e. The second-order valence-electron chi connectivity index (χ2n) is 4.62. The Morgan fingerprint density at radius 2 is 2.06 bits per heavy atom. The van der Waals surface area contributed by atoms with Crippen molar-refractivity contribution < 1.29 is 9.18 Å². The van der Waals surface area contributed by atoms with E-state index in [1.165, 1.54) is 38.2 Å². The SMILES string of the molecule is O=Cc1cc(SCC2CCCCC2)ccc1F. The standard InChI is InChI=1S/C14H17FOS/c15-14-7-6-13(8-12(14)9-16)17-10-11-4-2-1-3-5-11/h6-9,11H,1-5,10H2. The number of rotatable bonds is 4. The molecule has 1 saturated carbocycles. The van der Waals surface area contributed by atoms with E-state index in [-0.39, 0.29) is 5.56 Å². The van der Waals surface area contributed by atoms with Crippen molar-refractivity contribution in [2.24, 2.45) is 5.92 Å². The molecular formula is C14H17FOS. The van der Waals surface area contributed by atoms with Crippen molar-refractivity contribution in [1.29, 1.82) is 0 Å². The summed E-state index contributed by atoms with van der Waals surface area (Å²) in [5, 5.41) is 0. The molecule has 1 aromatic rings. The van der Waals surface area contributed by atoms with Gasteiger partial charge in [0.05, 0.1) is 5.56 Å². The molecule has 1 nitrogen and oxygen atoms in total. The highest BCUT2D eigenvalue weighted by Crippen LogP contribution is 2.30. The summed E-state index contributed by atoms with van der Waals surface area (Å²) in [6.07, 6.45) is 7.26. The predicted molar refractivity (Wildman–Crippen MR) is 69.1 cm³/mol. The van der Waals surface area contributed by atoms with Crippen LogP contribution in [0.15, 0.2) is 23.1 Å². The Morgan fingerprint density at radius 1 is 1.29 bits per heavy atom. The average Bonchev–Trinajstić information content (AvgIpc) is 2.39. The molecule has 0 saturated heterocycles. The van der Waals surface area contributed by atoms with E-state index in [0.717, 1.165) is 16.6 Å². The number of benzene rings is 1. The maximum atomic E-state index is 13.1. The van der Waals surface area contributed by atoms with E-state index >= 15 is 0 Å². The maximum absolute atomic E-state index is 13.1. The van der Waals surface area contributed by atoms with Gasteiger partial charge in [-0.25, -0.2) is 4.39 Å². The molecule has 0 heterocycles. The van der Waals surface area contributed by atoms with Gasteiger partial charge in [0, 0.05) is 10.6 Å². The van der Waals surface area contributed by atoms with Gasteiger partial charge in [0.15, 0.2) is 6.29 Å². The van der Waals surface area contributed by atoms with Crippen LogP contribution in [0.4, 0.5) is 4.39 Å². The molecule has 0 bridgehead atoms. The molecule has 0 N–H and O–H groups in total. The van der Waals surface area contributed by atoms with Crippen molar-refractivity contribution in [3.63, 3.8) is 0 Å². The molecule has 92 valence electrons.